The summed E-state index contributed by atoms with van der Waals surface area (Å²) in [6.45, 7) is 1.43. The molecule has 0 atom stereocenters. The van der Waals surface area contributed by atoms with Crippen LogP contribution in [0, 0.1) is 28.7 Å². The summed E-state index contributed by atoms with van der Waals surface area (Å²) >= 11 is 0.814. The van der Waals surface area contributed by atoms with Crippen LogP contribution in [0.4, 0.5) is 20.4 Å². The number of rotatable bonds is 4. The summed E-state index contributed by atoms with van der Waals surface area (Å²) < 4.78 is 26.1. The Morgan fingerprint density at radius 2 is 2.05 bits per heavy atom. The van der Waals surface area contributed by atoms with Crippen LogP contribution < -0.4 is 11.3 Å². The Balaban J connectivity index is 2.48. The van der Waals surface area contributed by atoms with Crippen molar-refractivity contribution in [1.29, 1.82) is 0 Å². The van der Waals surface area contributed by atoms with Crippen molar-refractivity contribution in [2.45, 2.75) is 16.8 Å². The van der Waals surface area contributed by atoms with E-state index in [2.05, 4.69) is 15.4 Å². The van der Waals surface area contributed by atoms with Crippen LogP contribution in [0.15, 0.2) is 28.1 Å². The molecule has 0 amide bonds. The molecular weight excluding hydrogens is 304 g/mol. The number of anilines is 1. The molecule has 21 heavy (non-hydrogen) atoms. The SMILES string of the molecule is Cc1nc(NN)nc(Sc2ccc(F)c(F)c2)c1[N+](=O)[O-]. The van der Waals surface area contributed by atoms with Gasteiger partial charge in [-0.1, -0.05) is 11.8 Å². The topological polar surface area (TPSA) is 107 Å². The molecule has 7 nitrogen and oxygen atoms in total. The highest BCUT2D eigenvalue weighted by Crippen LogP contribution is 2.35. The second kappa shape index (κ2) is 5.97. The molecule has 1 heterocycles. The number of hydrazine groups is 1. The second-order valence-electron chi connectivity index (χ2n) is 3.87. The number of aryl methyl sites for hydroxylation is 1. The van der Waals surface area contributed by atoms with Crippen LogP contribution in [0.3, 0.4) is 0 Å². The van der Waals surface area contributed by atoms with Crippen molar-refractivity contribution in [2.24, 2.45) is 5.84 Å². The summed E-state index contributed by atoms with van der Waals surface area (Å²) in [6.07, 6.45) is 0. The predicted molar refractivity (Wildman–Crippen MR) is 71.7 cm³/mol. The van der Waals surface area contributed by atoms with Crippen LogP contribution in [0.1, 0.15) is 5.69 Å². The van der Waals surface area contributed by atoms with Crippen molar-refractivity contribution in [3.05, 3.63) is 45.6 Å². The number of nitrogens with zero attached hydrogens (tertiary/aromatic N) is 3. The van der Waals surface area contributed by atoms with Gasteiger partial charge >= 0.3 is 5.69 Å². The first kappa shape index (κ1) is 15.1. The van der Waals surface area contributed by atoms with Crippen LogP contribution in [0.2, 0.25) is 0 Å². The van der Waals surface area contributed by atoms with E-state index < -0.39 is 16.6 Å². The number of nitro groups is 1. The van der Waals surface area contributed by atoms with Crippen molar-refractivity contribution in [2.75, 3.05) is 5.43 Å². The van der Waals surface area contributed by atoms with E-state index in [9.17, 15) is 18.9 Å². The largest absolute Gasteiger partial charge is 0.322 e. The first-order valence-corrected chi connectivity index (χ1v) is 6.36. The van der Waals surface area contributed by atoms with Gasteiger partial charge in [0.2, 0.25) is 5.95 Å². The summed E-state index contributed by atoms with van der Waals surface area (Å²) in [5.74, 6) is 3.12. The van der Waals surface area contributed by atoms with Crippen molar-refractivity contribution in [1.82, 2.24) is 9.97 Å². The fourth-order valence-corrected chi connectivity index (χ4v) is 2.51. The maximum atomic E-state index is 13.2. The van der Waals surface area contributed by atoms with Gasteiger partial charge in [-0.3, -0.25) is 15.5 Å². The van der Waals surface area contributed by atoms with Gasteiger partial charge in [-0.2, -0.15) is 4.98 Å². The molecule has 0 aliphatic heterocycles. The summed E-state index contributed by atoms with van der Waals surface area (Å²) in [4.78, 5) is 18.4. The monoisotopic (exact) mass is 313 g/mol. The minimum Gasteiger partial charge on any atom is -0.292 e. The van der Waals surface area contributed by atoms with E-state index in [0.717, 1.165) is 23.9 Å². The number of hydrogen-bond acceptors (Lipinski definition) is 7. The molecular formula is C11H9F2N5O2S. The summed E-state index contributed by atoms with van der Waals surface area (Å²) in [6, 6.07) is 3.15. The van der Waals surface area contributed by atoms with E-state index >= 15 is 0 Å². The quantitative estimate of drug-likeness (QED) is 0.386. The molecule has 0 spiro atoms. The van der Waals surface area contributed by atoms with Gasteiger partial charge in [0.05, 0.1) is 4.92 Å². The Labute approximate surface area is 121 Å². The fourth-order valence-electron chi connectivity index (χ4n) is 1.54. The van der Waals surface area contributed by atoms with E-state index in [0.29, 0.717) is 0 Å². The lowest BCUT2D eigenvalue weighted by Gasteiger charge is -2.07. The minimum absolute atomic E-state index is 0.0109. The molecule has 0 aliphatic rings. The first-order valence-electron chi connectivity index (χ1n) is 5.55. The van der Waals surface area contributed by atoms with Gasteiger partial charge in [0.15, 0.2) is 16.7 Å². The van der Waals surface area contributed by atoms with Crippen molar-refractivity contribution >= 4 is 23.4 Å². The molecule has 0 aliphatic carbocycles. The lowest BCUT2D eigenvalue weighted by molar-refractivity contribution is -0.389. The number of nitrogen functional groups attached to an aromatic ring is 1. The minimum atomic E-state index is -1.05. The molecule has 0 bridgehead atoms. The smallest absolute Gasteiger partial charge is 0.292 e. The standard InChI is InChI=1S/C11H9F2N5O2S/c1-5-9(18(19)20)10(16-11(15-5)17-14)21-6-2-3-7(12)8(13)4-6/h2-4H,14H2,1H3,(H,15,16,17). The average Bonchev–Trinajstić information content (AvgIpc) is 2.41. The lowest BCUT2D eigenvalue weighted by Crippen LogP contribution is -2.12. The van der Waals surface area contributed by atoms with Crippen LogP contribution in [0.25, 0.3) is 0 Å². The van der Waals surface area contributed by atoms with Crippen molar-refractivity contribution in [3.63, 3.8) is 0 Å². The third-order valence-corrected chi connectivity index (χ3v) is 3.41. The Hall–Kier alpha value is -2.33. The Morgan fingerprint density at radius 3 is 2.62 bits per heavy atom. The maximum absolute atomic E-state index is 13.2. The molecule has 2 aromatic rings. The van der Waals surface area contributed by atoms with E-state index in [1.165, 1.54) is 13.0 Å². The highest BCUT2D eigenvalue weighted by Gasteiger charge is 2.23. The van der Waals surface area contributed by atoms with Gasteiger partial charge in [0.25, 0.3) is 0 Å². The molecule has 2 rings (SSSR count). The van der Waals surface area contributed by atoms with Gasteiger partial charge in [-0.25, -0.2) is 19.6 Å². The summed E-state index contributed by atoms with van der Waals surface area (Å²) in [7, 11) is 0. The normalized spacial score (nSPS) is 10.5. The van der Waals surface area contributed by atoms with E-state index in [1.807, 2.05) is 0 Å². The van der Waals surface area contributed by atoms with Gasteiger partial charge in [-0.15, -0.1) is 0 Å². The Kier molecular flexibility index (Phi) is 4.29. The fraction of sp³-hybridized carbons (Fsp3) is 0.0909. The lowest BCUT2D eigenvalue weighted by atomic mass is 10.3. The molecule has 110 valence electrons. The predicted octanol–water partition coefficient (Wildman–Crippen LogP) is 2.41. The van der Waals surface area contributed by atoms with Crippen LogP contribution in [-0.4, -0.2) is 14.9 Å². The van der Waals surface area contributed by atoms with Gasteiger partial charge < -0.3 is 0 Å². The number of nitrogens with two attached hydrogens (primary N) is 1. The third kappa shape index (κ3) is 3.23. The number of aromatic nitrogens is 2. The zero-order valence-corrected chi connectivity index (χ0v) is 11.4. The first-order chi connectivity index (χ1) is 9.92. The molecule has 1 aromatic heterocycles. The van der Waals surface area contributed by atoms with Crippen LogP contribution >= 0.6 is 11.8 Å². The maximum Gasteiger partial charge on any atom is 0.322 e. The van der Waals surface area contributed by atoms with Crippen molar-refractivity contribution in [3.8, 4) is 0 Å². The zero-order chi connectivity index (χ0) is 15.6. The average molecular weight is 313 g/mol. The van der Waals surface area contributed by atoms with Crippen LogP contribution in [-0.2, 0) is 0 Å². The third-order valence-electron chi connectivity index (χ3n) is 2.44. The highest BCUT2D eigenvalue weighted by molar-refractivity contribution is 7.99. The molecule has 3 N–H and O–H groups in total. The molecule has 1 aromatic carbocycles. The van der Waals surface area contributed by atoms with Crippen LogP contribution in [0.5, 0.6) is 0 Å². The van der Waals surface area contributed by atoms with E-state index in [-0.39, 0.29) is 27.3 Å². The van der Waals surface area contributed by atoms with Gasteiger partial charge in [0, 0.05) is 4.90 Å². The van der Waals surface area contributed by atoms with Gasteiger partial charge in [0.1, 0.15) is 5.69 Å². The van der Waals surface area contributed by atoms with Crippen molar-refractivity contribution < 1.29 is 13.7 Å². The molecule has 0 fully saturated rings. The molecule has 10 heteroatoms. The zero-order valence-electron chi connectivity index (χ0n) is 10.6. The second-order valence-corrected chi connectivity index (χ2v) is 4.93. The highest BCUT2D eigenvalue weighted by atomic mass is 32.2. The Morgan fingerprint density at radius 1 is 1.33 bits per heavy atom. The number of benzene rings is 1. The molecule has 0 unspecified atom stereocenters. The molecule has 0 saturated carbocycles. The number of hydrogen-bond donors (Lipinski definition) is 2. The summed E-state index contributed by atoms with van der Waals surface area (Å²) in [5.41, 5.74) is 1.98. The van der Waals surface area contributed by atoms with E-state index in [4.69, 9.17) is 5.84 Å². The number of halogens is 2. The Bertz CT molecular complexity index is 713. The molecule has 0 radical (unpaired) electrons. The summed E-state index contributed by atoms with van der Waals surface area (Å²) in [5, 5.41) is 11.1. The van der Waals surface area contributed by atoms with E-state index in [1.54, 1.807) is 0 Å². The molecule has 0 saturated heterocycles. The van der Waals surface area contributed by atoms with Gasteiger partial charge in [-0.05, 0) is 25.1 Å². The number of nitrogens with one attached hydrogen (secondary N) is 1.